The average Bonchev–Trinajstić information content (AvgIpc) is 2.16. The molecule has 5 heteroatoms. The zero-order valence-corrected chi connectivity index (χ0v) is 11.3. The lowest BCUT2D eigenvalue weighted by molar-refractivity contribution is -0.147. The molecule has 4 nitrogen and oxygen atoms in total. The van der Waals surface area contributed by atoms with E-state index in [0.717, 1.165) is 18.2 Å². The highest BCUT2D eigenvalue weighted by Gasteiger charge is 2.46. The van der Waals surface area contributed by atoms with Crippen LogP contribution in [0.15, 0.2) is 23.1 Å². The Bertz CT molecular complexity index is 597. The zero-order chi connectivity index (χ0) is 13.6. The molecule has 1 aromatic carbocycles. The van der Waals surface area contributed by atoms with Crippen LogP contribution in [0.3, 0.4) is 0 Å². The van der Waals surface area contributed by atoms with E-state index in [1.165, 1.54) is 12.1 Å². The lowest BCUT2D eigenvalue weighted by Gasteiger charge is -2.39. The average molecular weight is 268 g/mol. The lowest BCUT2D eigenvalue weighted by atomic mass is 9.63. The molecule has 1 aliphatic rings. The summed E-state index contributed by atoms with van der Waals surface area (Å²) in [5.41, 5.74) is 0.596. The molecule has 0 atom stereocenters. The first-order valence-electron chi connectivity index (χ1n) is 5.82. The van der Waals surface area contributed by atoms with Gasteiger partial charge in [0.2, 0.25) is 0 Å². The second-order valence-electron chi connectivity index (χ2n) is 4.99. The van der Waals surface area contributed by atoms with E-state index in [1.807, 2.05) is 6.92 Å². The quantitative estimate of drug-likeness (QED) is 0.909. The number of hydrogen-bond acceptors (Lipinski definition) is 3. The summed E-state index contributed by atoms with van der Waals surface area (Å²) in [6, 6.07) is 4.75. The summed E-state index contributed by atoms with van der Waals surface area (Å²) in [6.45, 7) is 1.82. The van der Waals surface area contributed by atoms with Gasteiger partial charge < -0.3 is 5.11 Å². The Balaban J connectivity index is 2.60. The predicted octanol–water partition coefficient (Wildman–Crippen LogP) is 1.90. The molecule has 1 aromatic rings. The maximum Gasteiger partial charge on any atom is 0.314 e. The topological polar surface area (TPSA) is 71.4 Å². The fourth-order valence-corrected chi connectivity index (χ4v) is 3.12. The fourth-order valence-electron chi connectivity index (χ4n) is 2.48. The van der Waals surface area contributed by atoms with Crippen molar-refractivity contribution in [3.05, 3.63) is 29.3 Å². The Kier molecular flexibility index (Phi) is 2.97. The van der Waals surface area contributed by atoms with Crippen molar-refractivity contribution >= 4 is 15.8 Å². The number of sulfone groups is 1. The maximum absolute atomic E-state index is 11.6. The van der Waals surface area contributed by atoms with E-state index in [-0.39, 0.29) is 4.90 Å². The molecule has 1 N–H and O–H groups in total. The minimum Gasteiger partial charge on any atom is -0.481 e. The molecule has 98 valence electrons. The molecule has 0 bridgehead atoms. The summed E-state index contributed by atoms with van der Waals surface area (Å²) in [5.74, 6) is -0.859. The first kappa shape index (κ1) is 13.1. The highest BCUT2D eigenvalue weighted by atomic mass is 32.2. The minimum absolute atomic E-state index is 0.190. The molecule has 1 aliphatic carbocycles. The van der Waals surface area contributed by atoms with Crippen molar-refractivity contribution in [1.82, 2.24) is 0 Å². The summed E-state index contributed by atoms with van der Waals surface area (Å²) >= 11 is 0. The number of carboxylic acid groups (broad SMARTS) is 1. The summed E-state index contributed by atoms with van der Waals surface area (Å²) in [7, 11) is -3.31. The Hall–Kier alpha value is -1.36. The van der Waals surface area contributed by atoms with Crippen LogP contribution in [0.4, 0.5) is 0 Å². The molecule has 2 rings (SSSR count). The van der Waals surface area contributed by atoms with Crippen LogP contribution in [0.25, 0.3) is 0 Å². The predicted molar refractivity (Wildman–Crippen MR) is 67.5 cm³/mol. The fraction of sp³-hybridized carbons (Fsp3) is 0.462. The number of aliphatic carboxylic acids is 1. The van der Waals surface area contributed by atoms with E-state index in [9.17, 15) is 18.3 Å². The van der Waals surface area contributed by atoms with Crippen molar-refractivity contribution < 1.29 is 18.3 Å². The third-order valence-electron chi connectivity index (χ3n) is 3.77. The van der Waals surface area contributed by atoms with Crippen LogP contribution >= 0.6 is 0 Å². The molecular formula is C13H16O4S. The number of rotatable bonds is 3. The number of carboxylic acids is 1. The minimum atomic E-state index is -3.31. The van der Waals surface area contributed by atoms with E-state index < -0.39 is 21.2 Å². The number of aryl methyl sites for hydroxylation is 1. The van der Waals surface area contributed by atoms with Crippen LogP contribution < -0.4 is 0 Å². The second-order valence-corrected chi connectivity index (χ2v) is 7.01. The van der Waals surface area contributed by atoms with Gasteiger partial charge in [-0.25, -0.2) is 8.42 Å². The van der Waals surface area contributed by atoms with Gasteiger partial charge in [-0.2, -0.15) is 0 Å². The van der Waals surface area contributed by atoms with Gasteiger partial charge in [-0.3, -0.25) is 4.79 Å². The maximum atomic E-state index is 11.6. The zero-order valence-electron chi connectivity index (χ0n) is 10.4. The van der Waals surface area contributed by atoms with Crippen molar-refractivity contribution in [3.63, 3.8) is 0 Å². The van der Waals surface area contributed by atoms with Gasteiger partial charge in [0.05, 0.1) is 10.3 Å². The molecule has 1 fully saturated rings. The molecule has 0 amide bonds. The van der Waals surface area contributed by atoms with Crippen LogP contribution in [-0.2, 0) is 20.0 Å². The third-order valence-corrected chi connectivity index (χ3v) is 4.88. The SMILES string of the molecule is Cc1ccc(S(C)(=O)=O)cc1C1(C(=O)O)CCC1. The standard InChI is InChI=1S/C13H16O4S/c1-9-4-5-10(18(2,16)17)8-11(9)13(12(14)15)6-3-7-13/h4-5,8H,3,6-7H2,1-2H3,(H,14,15). The summed E-state index contributed by atoms with van der Waals surface area (Å²) in [4.78, 5) is 11.7. The van der Waals surface area contributed by atoms with Gasteiger partial charge >= 0.3 is 5.97 Å². The Morgan fingerprint density at radius 3 is 2.33 bits per heavy atom. The molecule has 0 spiro atoms. The molecule has 0 heterocycles. The van der Waals surface area contributed by atoms with E-state index in [1.54, 1.807) is 6.07 Å². The monoisotopic (exact) mass is 268 g/mol. The van der Waals surface area contributed by atoms with Crippen molar-refractivity contribution in [2.24, 2.45) is 0 Å². The Labute approximate surface area is 107 Å². The van der Waals surface area contributed by atoms with Crippen molar-refractivity contribution in [3.8, 4) is 0 Å². The largest absolute Gasteiger partial charge is 0.481 e. The summed E-state index contributed by atoms with van der Waals surface area (Å²) < 4.78 is 23.1. The van der Waals surface area contributed by atoms with Crippen LogP contribution in [0.2, 0.25) is 0 Å². The van der Waals surface area contributed by atoms with Gasteiger partial charge in [0.15, 0.2) is 9.84 Å². The van der Waals surface area contributed by atoms with Crippen LogP contribution in [-0.4, -0.2) is 25.7 Å². The molecule has 18 heavy (non-hydrogen) atoms. The number of hydrogen-bond donors (Lipinski definition) is 1. The number of benzene rings is 1. The summed E-state index contributed by atoms with van der Waals surface area (Å²) in [6.07, 6.45) is 3.16. The van der Waals surface area contributed by atoms with Gasteiger partial charge in [-0.1, -0.05) is 12.5 Å². The highest BCUT2D eigenvalue weighted by molar-refractivity contribution is 7.90. The highest BCUT2D eigenvalue weighted by Crippen LogP contribution is 2.45. The van der Waals surface area contributed by atoms with E-state index >= 15 is 0 Å². The second kappa shape index (κ2) is 4.09. The van der Waals surface area contributed by atoms with Gasteiger partial charge in [0.1, 0.15) is 0 Å². The van der Waals surface area contributed by atoms with Gasteiger partial charge in [-0.15, -0.1) is 0 Å². The summed E-state index contributed by atoms with van der Waals surface area (Å²) in [5, 5.41) is 9.41. The lowest BCUT2D eigenvalue weighted by Crippen LogP contribution is -2.43. The molecule has 0 radical (unpaired) electrons. The Morgan fingerprint density at radius 2 is 1.94 bits per heavy atom. The number of carbonyl (C=O) groups is 1. The van der Waals surface area contributed by atoms with Crippen molar-refractivity contribution in [2.75, 3.05) is 6.26 Å². The Morgan fingerprint density at radius 1 is 1.33 bits per heavy atom. The van der Waals surface area contributed by atoms with Crippen molar-refractivity contribution in [2.45, 2.75) is 36.5 Å². The normalized spacial score (nSPS) is 18.1. The molecule has 0 aliphatic heterocycles. The first-order valence-corrected chi connectivity index (χ1v) is 7.71. The van der Waals surface area contributed by atoms with Gasteiger partial charge in [0.25, 0.3) is 0 Å². The van der Waals surface area contributed by atoms with Gasteiger partial charge in [0, 0.05) is 6.26 Å². The van der Waals surface area contributed by atoms with Crippen LogP contribution in [0.1, 0.15) is 30.4 Å². The van der Waals surface area contributed by atoms with Crippen LogP contribution in [0, 0.1) is 6.92 Å². The van der Waals surface area contributed by atoms with Crippen molar-refractivity contribution in [1.29, 1.82) is 0 Å². The van der Waals surface area contributed by atoms with Gasteiger partial charge in [-0.05, 0) is 43.0 Å². The smallest absolute Gasteiger partial charge is 0.314 e. The molecular weight excluding hydrogens is 252 g/mol. The van der Waals surface area contributed by atoms with E-state index in [4.69, 9.17) is 0 Å². The van der Waals surface area contributed by atoms with Crippen LogP contribution in [0.5, 0.6) is 0 Å². The molecule has 0 unspecified atom stereocenters. The first-order chi connectivity index (χ1) is 8.27. The molecule has 0 saturated heterocycles. The van der Waals surface area contributed by atoms with E-state index in [0.29, 0.717) is 18.4 Å². The van der Waals surface area contributed by atoms with E-state index in [2.05, 4.69) is 0 Å². The third kappa shape index (κ3) is 1.92. The molecule has 0 aromatic heterocycles. The molecule has 1 saturated carbocycles.